The van der Waals surface area contributed by atoms with Crippen molar-refractivity contribution in [2.75, 3.05) is 17.7 Å². The summed E-state index contributed by atoms with van der Waals surface area (Å²) in [6.07, 6.45) is 4.48. The van der Waals surface area contributed by atoms with Crippen LogP contribution in [0.4, 0.5) is 11.6 Å². The van der Waals surface area contributed by atoms with Crippen LogP contribution in [-0.4, -0.2) is 26.8 Å². The van der Waals surface area contributed by atoms with Crippen LogP contribution < -0.4 is 10.6 Å². The van der Waals surface area contributed by atoms with E-state index in [-0.39, 0.29) is 0 Å². The monoisotopic (exact) mass is 324 g/mol. The van der Waals surface area contributed by atoms with Crippen LogP contribution in [0, 0.1) is 0 Å². The van der Waals surface area contributed by atoms with Crippen LogP contribution in [0.2, 0.25) is 0 Å². The fourth-order valence-corrected chi connectivity index (χ4v) is 2.42. The second-order valence-corrected chi connectivity index (χ2v) is 4.91. The molecular formula is C12H17BrN6. The molecular weight excluding hydrogens is 308 g/mol. The fraction of sp³-hybridized carbons (Fsp3) is 0.417. The zero-order chi connectivity index (χ0) is 13.8. The van der Waals surface area contributed by atoms with E-state index in [2.05, 4.69) is 48.6 Å². The molecule has 2 rings (SSSR count). The Kier molecular flexibility index (Phi) is 4.36. The van der Waals surface area contributed by atoms with Gasteiger partial charge in [-0.15, -0.1) is 0 Å². The van der Waals surface area contributed by atoms with E-state index in [1.165, 1.54) is 11.9 Å². The first kappa shape index (κ1) is 13.8. The summed E-state index contributed by atoms with van der Waals surface area (Å²) >= 11 is 3.48. The molecule has 0 amide bonds. The van der Waals surface area contributed by atoms with Gasteiger partial charge in [0.15, 0.2) is 0 Å². The summed E-state index contributed by atoms with van der Waals surface area (Å²) in [6.45, 7) is 2.79. The van der Waals surface area contributed by atoms with E-state index in [9.17, 15) is 0 Å². The third-order valence-corrected chi connectivity index (χ3v) is 3.55. The van der Waals surface area contributed by atoms with Crippen LogP contribution in [-0.2, 0) is 20.0 Å². The largest absolute Gasteiger partial charge is 0.372 e. The van der Waals surface area contributed by atoms with Crippen molar-refractivity contribution >= 4 is 27.6 Å². The normalized spacial score (nSPS) is 10.5. The van der Waals surface area contributed by atoms with Crippen LogP contribution in [0.3, 0.4) is 0 Å². The van der Waals surface area contributed by atoms with Crippen LogP contribution in [0.1, 0.15) is 18.2 Å². The molecule has 6 nitrogen and oxygen atoms in total. The molecule has 102 valence electrons. The summed E-state index contributed by atoms with van der Waals surface area (Å²) in [4.78, 5) is 8.35. The van der Waals surface area contributed by atoms with Crippen LogP contribution in [0.25, 0.3) is 0 Å². The minimum absolute atomic E-state index is 0.690. The van der Waals surface area contributed by atoms with Crippen molar-refractivity contribution in [1.29, 1.82) is 0 Å². The standard InChI is InChI=1S/C12H17BrN6/c1-4-9-8(6-19(3)18-9)5-15-12-10(13)11(14-2)16-7-17-12/h6-7H,4-5H2,1-3H3,(H2,14,15,16,17). The Hall–Kier alpha value is -1.63. The lowest BCUT2D eigenvalue weighted by Crippen LogP contribution is -2.05. The first-order valence-electron chi connectivity index (χ1n) is 6.09. The Morgan fingerprint density at radius 2 is 2.05 bits per heavy atom. The lowest BCUT2D eigenvalue weighted by molar-refractivity contribution is 0.746. The molecule has 0 saturated heterocycles. The Bertz CT molecular complexity index is 565. The van der Waals surface area contributed by atoms with Gasteiger partial charge in [0.1, 0.15) is 22.4 Å². The van der Waals surface area contributed by atoms with Crippen molar-refractivity contribution in [2.45, 2.75) is 19.9 Å². The highest BCUT2D eigenvalue weighted by molar-refractivity contribution is 9.10. The van der Waals surface area contributed by atoms with Crippen molar-refractivity contribution < 1.29 is 0 Å². The van der Waals surface area contributed by atoms with E-state index < -0.39 is 0 Å². The number of anilines is 2. The molecule has 0 atom stereocenters. The second-order valence-electron chi connectivity index (χ2n) is 4.12. The highest BCUT2D eigenvalue weighted by Gasteiger charge is 2.09. The molecule has 2 aromatic rings. The average Bonchev–Trinajstić information content (AvgIpc) is 2.78. The highest BCUT2D eigenvalue weighted by atomic mass is 79.9. The first-order chi connectivity index (χ1) is 9.15. The molecule has 19 heavy (non-hydrogen) atoms. The molecule has 7 heteroatoms. The van der Waals surface area contributed by atoms with Gasteiger partial charge < -0.3 is 10.6 Å². The number of nitrogens with one attached hydrogen (secondary N) is 2. The molecule has 0 aromatic carbocycles. The summed E-state index contributed by atoms with van der Waals surface area (Å²) in [7, 11) is 3.76. The Labute approximate surface area is 120 Å². The Morgan fingerprint density at radius 1 is 1.32 bits per heavy atom. The molecule has 0 unspecified atom stereocenters. The van der Waals surface area contributed by atoms with E-state index in [0.717, 1.165) is 28.2 Å². The van der Waals surface area contributed by atoms with Gasteiger partial charge in [0, 0.05) is 32.4 Å². The van der Waals surface area contributed by atoms with Gasteiger partial charge in [-0.25, -0.2) is 9.97 Å². The van der Waals surface area contributed by atoms with Gasteiger partial charge in [-0.05, 0) is 22.4 Å². The fourth-order valence-electron chi connectivity index (χ4n) is 1.88. The van der Waals surface area contributed by atoms with Crippen molar-refractivity contribution in [3.05, 3.63) is 28.3 Å². The molecule has 2 aromatic heterocycles. The zero-order valence-electron chi connectivity index (χ0n) is 11.2. The van der Waals surface area contributed by atoms with Crippen LogP contribution in [0.15, 0.2) is 17.0 Å². The van der Waals surface area contributed by atoms with E-state index in [0.29, 0.717) is 6.54 Å². The van der Waals surface area contributed by atoms with Gasteiger partial charge in [0.05, 0.1) is 5.69 Å². The summed E-state index contributed by atoms with van der Waals surface area (Å²) in [5.74, 6) is 1.53. The van der Waals surface area contributed by atoms with Crippen molar-refractivity contribution in [2.24, 2.45) is 7.05 Å². The summed E-state index contributed by atoms with van der Waals surface area (Å²) in [6, 6.07) is 0. The minimum Gasteiger partial charge on any atom is -0.372 e. The Balaban J connectivity index is 2.14. The SMILES string of the molecule is CCc1nn(C)cc1CNc1ncnc(NC)c1Br. The number of halogens is 1. The molecule has 0 aliphatic rings. The smallest absolute Gasteiger partial charge is 0.146 e. The third kappa shape index (κ3) is 3.04. The van der Waals surface area contributed by atoms with Gasteiger partial charge in [0.2, 0.25) is 0 Å². The lowest BCUT2D eigenvalue weighted by atomic mass is 10.2. The van der Waals surface area contributed by atoms with Gasteiger partial charge in [0.25, 0.3) is 0 Å². The summed E-state index contributed by atoms with van der Waals surface area (Å²) < 4.78 is 2.67. The second kappa shape index (κ2) is 6.01. The number of hydrogen-bond acceptors (Lipinski definition) is 5. The van der Waals surface area contributed by atoms with Gasteiger partial charge in [-0.1, -0.05) is 6.92 Å². The predicted molar refractivity (Wildman–Crippen MR) is 79.2 cm³/mol. The summed E-state index contributed by atoms with van der Waals surface area (Å²) in [5, 5.41) is 10.7. The molecule has 0 aliphatic carbocycles. The van der Waals surface area contributed by atoms with Crippen molar-refractivity contribution in [3.63, 3.8) is 0 Å². The quantitative estimate of drug-likeness (QED) is 0.882. The molecule has 0 saturated carbocycles. The highest BCUT2D eigenvalue weighted by Crippen LogP contribution is 2.26. The van der Waals surface area contributed by atoms with E-state index in [1.807, 2.05) is 25.0 Å². The topological polar surface area (TPSA) is 67.7 Å². The zero-order valence-corrected chi connectivity index (χ0v) is 12.8. The summed E-state index contributed by atoms with van der Waals surface area (Å²) in [5.41, 5.74) is 2.29. The number of nitrogens with zero attached hydrogens (tertiary/aromatic N) is 4. The van der Waals surface area contributed by atoms with E-state index in [4.69, 9.17) is 0 Å². The molecule has 0 aliphatic heterocycles. The maximum absolute atomic E-state index is 4.42. The molecule has 0 fully saturated rings. The first-order valence-corrected chi connectivity index (χ1v) is 6.88. The lowest BCUT2D eigenvalue weighted by Gasteiger charge is -2.09. The van der Waals surface area contributed by atoms with E-state index >= 15 is 0 Å². The number of rotatable bonds is 5. The van der Waals surface area contributed by atoms with Crippen LogP contribution >= 0.6 is 15.9 Å². The van der Waals surface area contributed by atoms with E-state index in [1.54, 1.807) is 0 Å². The van der Waals surface area contributed by atoms with Crippen molar-refractivity contribution in [1.82, 2.24) is 19.7 Å². The maximum Gasteiger partial charge on any atom is 0.146 e. The van der Waals surface area contributed by atoms with Gasteiger partial charge in [-0.2, -0.15) is 5.10 Å². The predicted octanol–water partition coefficient (Wildman–Crippen LogP) is 2.19. The van der Waals surface area contributed by atoms with Crippen LogP contribution in [0.5, 0.6) is 0 Å². The van der Waals surface area contributed by atoms with Gasteiger partial charge in [-0.3, -0.25) is 4.68 Å². The third-order valence-electron chi connectivity index (χ3n) is 2.80. The molecule has 0 bridgehead atoms. The average molecular weight is 325 g/mol. The van der Waals surface area contributed by atoms with Gasteiger partial charge >= 0.3 is 0 Å². The molecule has 0 radical (unpaired) electrons. The number of aryl methyl sites for hydroxylation is 2. The molecule has 2 heterocycles. The van der Waals surface area contributed by atoms with Crippen molar-refractivity contribution in [3.8, 4) is 0 Å². The molecule has 2 N–H and O–H groups in total. The number of hydrogen-bond donors (Lipinski definition) is 2. The Morgan fingerprint density at radius 3 is 2.74 bits per heavy atom. The number of aromatic nitrogens is 4. The molecule has 0 spiro atoms. The maximum atomic E-state index is 4.42. The minimum atomic E-state index is 0.690.